The number of nitrogens with one attached hydrogen (secondary N) is 2. The Hall–Kier alpha value is -3.34. The molecule has 0 radical (unpaired) electrons. The molecule has 154 valence electrons. The molecule has 1 aliphatic heterocycles. The zero-order valence-electron chi connectivity index (χ0n) is 14.9. The fourth-order valence-corrected chi connectivity index (χ4v) is 2.52. The zero-order chi connectivity index (χ0) is 21.0. The summed E-state index contributed by atoms with van der Waals surface area (Å²) in [5.41, 5.74) is 2.62. The van der Waals surface area contributed by atoms with E-state index >= 15 is 0 Å². The third-order valence-corrected chi connectivity index (χ3v) is 4.15. The van der Waals surface area contributed by atoms with E-state index in [-0.39, 0.29) is 5.75 Å². The first-order valence-corrected chi connectivity index (χ1v) is 8.50. The van der Waals surface area contributed by atoms with Gasteiger partial charge in [-0.25, -0.2) is 4.79 Å². The Kier molecular flexibility index (Phi) is 5.87. The SMILES string of the molecule is O=C(O)C(F)(F)F.Oc1ccc(-c2cc(OCC3CNC3)c3cn[nH]c3c2)nc1. The second kappa shape index (κ2) is 8.35. The maximum Gasteiger partial charge on any atom is 0.490 e. The van der Waals surface area contributed by atoms with E-state index in [0.717, 1.165) is 41.0 Å². The number of hydrogen-bond donors (Lipinski definition) is 4. The van der Waals surface area contributed by atoms with Crippen LogP contribution in [0.3, 0.4) is 0 Å². The number of H-pyrrole nitrogens is 1. The number of halogens is 3. The van der Waals surface area contributed by atoms with Gasteiger partial charge in [0.05, 0.1) is 35.6 Å². The van der Waals surface area contributed by atoms with Gasteiger partial charge in [-0.1, -0.05) is 0 Å². The summed E-state index contributed by atoms with van der Waals surface area (Å²) in [4.78, 5) is 13.1. The summed E-state index contributed by atoms with van der Waals surface area (Å²) in [5, 5.41) is 27.8. The first-order valence-electron chi connectivity index (χ1n) is 8.50. The van der Waals surface area contributed by atoms with Gasteiger partial charge in [0, 0.05) is 24.6 Å². The molecule has 3 heterocycles. The summed E-state index contributed by atoms with van der Waals surface area (Å²) < 4.78 is 37.7. The van der Waals surface area contributed by atoms with Crippen LogP contribution >= 0.6 is 0 Å². The minimum atomic E-state index is -5.08. The van der Waals surface area contributed by atoms with Gasteiger partial charge in [-0.05, 0) is 24.3 Å². The van der Waals surface area contributed by atoms with E-state index < -0.39 is 12.1 Å². The fourth-order valence-electron chi connectivity index (χ4n) is 2.52. The summed E-state index contributed by atoms with van der Waals surface area (Å²) in [6.07, 6.45) is -1.87. The number of nitrogens with zero attached hydrogens (tertiary/aromatic N) is 2. The van der Waals surface area contributed by atoms with Crippen molar-refractivity contribution in [1.82, 2.24) is 20.5 Å². The highest BCUT2D eigenvalue weighted by atomic mass is 19.4. The number of hydrogen-bond acceptors (Lipinski definition) is 6. The molecule has 0 saturated carbocycles. The molecule has 0 spiro atoms. The van der Waals surface area contributed by atoms with Crippen molar-refractivity contribution in [3.05, 3.63) is 36.7 Å². The molecule has 1 fully saturated rings. The predicted molar refractivity (Wildman–Crippen MR) is 96.5 cm³/mol. The van der Waals surface area contributed by atoms with E-state index in [1.54, 1.807) is 18.3 Å². The average molecular weight is 410 g/mol. The van der Waals surface area contributed by atoms with E-state index in [4.69, 9.17) is 14.6 Å². The summed E-state index contributed by atoms with van der Waals surface area (Å²) >= 11 is 0. The van der Waals surface area contributed by atoms with Gasteiger partial charge in [-0.3, -0.25) is 10.1 Å². The van der Waals surface area contributed by atoms with E-state index in [0.29, 0.717) is 12.5 Å². The number of aromatic hydroxyl groups is 1. The summed E-state index contributed by atoms with van der Waals surface area (Å²) in [6, 6.07) is 7.37. The van der Waals surface area contributed by atoms with Crippen molar-refractivity contribution in [2.45, 2.75) is 6.18 Å². The van der Waals surface area contributed by atoms with E-state index in [9.17, 15) is 18.3 Å². The van der Waals surface area contributed by atoms with Gasteiger partial charge in [0.25, 0.3) is 0 Å². The van der Waals surface area contributed by atoms with Crippen LogP contribution < -0.4 is 10.1 Å². The van der Waals surface area contributed by atoms with Crippen LogP contribution in [-0.2, 0) is 4.79 Å². The molecule has 29 heavy (non-hydrogen) atoms. The van der Waals surface area contributed by atoms with E-state index in [2.05, 4.69) is 20.5 Å². The molecule has 3 aromatic rings. The number of carboxylic acids is 1. The molecule has 2 aromatic heterocycles. The third kappa shape index (κ3) is 5.13. The number of carbonyl (C=O) groups is 1. The molecule has 1 saturated heterocycles. The number of aromatic nitrogens is 3. The molecule has 1 aliphatic rings. The van der Waals surface area contributed by atoms with Crippen molar-refractivity contribution in [1.29, 1.82) is 0 Å². The quantitative estimate of drug-likeness (QED) is 0.522. The van der Waals surface area contributed by atoms with Crippen molar-refractivity contribution in [3.8, 4) is 22.8 Å². The molecule has 0 unspecified atom stereocenters. The highest BCUT2D eigenvalue weighted by molar-refractivity contribution is 5.89. The molecule has 11 heteroatoms. The first kappa shape index (κ1) is 20.4. The first-order chi connectivity index (χ1) is 13.7. The largest absolute Gasteiger partial charge is 0.506 e. The number of rotatable bonds is 4. The third-order valence-electron chi connectivity index (χ3n) is 4.15. The molecule has 0 aliphatic carbocycles. The Bertz CT molecular complexity index is 985. The second-order valence-electron chi connectivity index (χ2n) is 6.35. The fraction of sp³-hybridized carbons (Fsp3) is 0.278. The average Bonchev–Trinajstić information content (AvgIpc) is 3.09. The van der Waals surface area contributed by atoms with Gasteiger partial charge in [-0.15, -0.1) is 0 Å². The van der Waals surface area contributed by atoms with Crippen molar-refractivity contribution in [3.63, 3.8) is 0 Å². The summed E-state index contributed by atoms with van der Waals surface area (Å²) in [5.74, 6) is -1.23. The van der Waals surface area contributed by atoms with Crippen LogP contribution in [0.5, 0.6) is 11.5 Å². The molecule has 0 amide bonds. The molecule has 1 aromatic carbocycles. The molecular weight excluding hydrogens is 393 g/mol. The monoisotopic (exact) mass is 410 g/mol. The van der Waals surface area contributed by atoms with Crippen molar-refractivity contribution in [2.24, 2.45) is 5.92 Å². The maximum atomic E-state index is 10.6. The van der Waals surface area contributed by atoms with Crippen LogP contribution in [-0.4, -0.2) is 57.2 Å². The Morgan fingerprint density at radius 1 is 1.24 bits per heavy atom. The predicted octanol–water partition coefficient (Wildman–Crippen LogP) is 2.56. The van der Waals surface area contributed by atoms with E-state index in [1.807, 2.05) is 12.1 Å². The molecule has 0 bridgehead atoms. The van der Waals surface area contributed by atoms with Crippen LogP contribution in [0, 0.1) is 5.92 Å². The minimum absolute atomic E-state index is 0.153. The van der Waals surface area contributed by atoms with Crippen LogP contribution in [0.25, 0.3) is 22.2 Å². The highest BCUT2D eigenvalue weighted by Gasteiger charge is 2.38. The number of fused-ring (bicyclic) bond motifs is 1. The number of alkyl halides is 3. The normalized spacial score (nSPS) is 14.0. The van der Waals surface area contributed by atoms with Gasteiger partial charge in [-0.2, -0.15) is 18.3 Å². The molecule has 4 N–H and O–H groups in total. The van der Waals surface area contributed by atoms with Gasteiger partial charge in [0.1, 0.15) is 11.5 Å². The summed E-state index contributed by atoms with van der Waals surface area (Å²) in [6.45, 7) is 2.71. The topological polar surface area (TPSA) is 120 Å². The Balaban J connectivity index is 0.000000298. The second-order valence-corrected chi connectivity index (χ2v) is 6.35. The van der Waals surface area contributed by atoms with Crippen molar-refractivity contribution in [2.75, 3.05) is 19.7 Å². The van der Waals surface area contributed by atoms with Crippen LogP contribution in [0.2, 0.25) is 0 Å². The lowest BCUT2D eigenvalue weighted by Crippen LogP contribution is -2.45. The van der Waals surface area contributed by atoms with Crippen LogP contribution in [0.1, 0.15) is 0 Å². The lowest BCUT2D eigenvalue weighted by Gasteiger charge is -2.27. The smallest absolute Gasteiger partial charge is 0.490 e. The number of ether oxygens (including phenoxy) is 1. The molecule has 0 atom stereocenters. The minimum Gasteiger partial charge on any atom is -0.506 e. The molecular formula is C18H17F3N4O4. The molecule has 8 nitrogen and oxygen atoms in total. The molecule has 4 rings (SSSR count). The number of aliphatic carboxylic acids is 1. The number of pyridine rings is 1. The lowest BCUT2D eigenvalue weighted by atomic mass is 10.1. The van der Waals surface area contributed by atoms with Gasteiger partial charge in [0.2, 0.25) is 0 Å². The van der Waals surface area contributed by atoms with Gasteiger partial charge in [0.15, 0.2) is 0 Å². The van der Waals surface area contributed by atoms with Crippen LogP contribution in [0.4, 0.5) is 13.2 Å². The lowest BCUT2D eigenvalue weighted by molar-refractivity contribution is -0.192. The number of aromatic amines is 1. The Morgan fingerprint density at radius 3 is 2.52 bits per heavy atom. The maximum absolute atomic E-state index is 10.6. The summed E-state index contributed by atoms with van der Waals surface area (Å²) in [7, 11) is 0. The van der Waals surface area contributed by atoms with Gasteiger partial charge >= 0.3 is 12.1 Å². The zero-order valence-corrected chi connectivity index (χ0v) is 14.9. The van der Waals surface area contributed by atoms with Crippen LogP contribution in [0.15, 0.2) is 36.7 Å². The number of carboxylic acid groups (broad SMARTS) is 1. The van der Waals surface area contributed by atoms with E-state index in [1.165, 1.54) is 6.20 Å². The van der Waals surface area contributed by atoms with Gasteiger partial charge < -0.3 is 20.3 Å². The number of benzene rings is 1. The van der Waals surface area contributed by atoms with Crippen molar-refractivity contribution < 1.29 is 32.9 Å². The Labute approximate surface area is 162 Å². The van der Waals surface area contributed by atoms with Crippen molar-refractivity contribution >= 4 is 16.9 Å². The highest BCUT2D eigenvalue weighted by Crippen LogP contribution is 2.31. The Morgan fingerprint density at radius 2 is 1.97 bits per heavy atom. The standard InChI is InChI=1S/C16H16N4O2.C2HF3O2/c21-12-1-2-14(18-7-12)11-3-15-13(8-19-20-15)16(4-11)22-9-10-5-17-6-10;3-2(4,5)1(6)7/h1-4,7-8,10,17,21H,5-6,9H2,(H,19,20);(H,6,7).